The Morgan fingerprint density at radius 1 is 1.08 bits per heavy atom. The smallest absolute Gasteiger partial charge is 0.276 e. The van der Waals surface area contributed by atoms with E-state index in [1.807, 2.05) is 30.3 Å². The predicted molar refractivity (Wildman–Crippen MR) is 97.7 cm³/mol. The van der Waals surface area contributed by atoms with Crippen molar-refractivity contribution in [2.45, 2.75) is 51.4 Å². The van der Waals surface area contributed by atoms with E-state index >= 15 is 0 Å². The molecule has 1 fully saturated rings. The highest BCUT2D eigenvalue weighted by Crippen LogP contribution is 2.38. The molecule has 6 heteroatoms. The fraction of sp³-hybridized carbons (Fsp3) is 0.421. The zero-order valence-corrected chi connectivity index (χ0v) is 15.0. The van der Waals surface area contributed by atoms with Gasteiger partial charge in [0.15, 0.2) is 5.69 Å². The van der Waals surface area contributed by atoms with Crippen LogP contribution in [0.1, 0.15) is 44.6 Å². The molecular weight excluding hydrogens is 316 g/mol. The summed E-state index contributed by atoms with van der Waals surface area (Å²) in [6.07, 6.45) is 0.873. The molecule has 2 aromatic rings. The molecule has 1 aliphatic rings. The summed E-state index contributed by atoms with van der Waals surface area (Å²) < 4.78 is 6.07. The van der Waals surface area contributed by atoms with Crippen LogP contribution in [-0.4, -0.2) is 33.3 Å². The Kier molecular flexibility index (Phi) is 4.47. The lowest BCUT2D eigenvalue weighted by Gasteiger charge is -2.27. The number of benzene rings is 1. The van der Waals surface area contributed by atoms with Crippen LogP contribution < -0.4 is 10.6 Å². The van der Waals surface area contributed by atoms with Gasteiger partial charge in [0.1, 0.15) is 5.82 Å². The van der Waals surface area contributed by atoms with Gasteiger partial charge in [0.05, 0.1) is 17.2 Å². The lowest BCUT2D eigenvalue weighted by Crippen LogP contribution is -2.38. The van der Waals surface area contributed by atoms with Gasteiger partial charge in [0.25, 0.3) is 5.91 Å². The highest BCUT2D eigenvalue weighted by molar-refractivity contribution is 6.02. The van der Waals surface area contributed by atoms with Gasteiger partial charge in [-0.1, -0.05) is 18.2 Å². The van der Waals surface area contributed by atoms with Gasteiger partial charge in [-0.25, -0.2) is 0 Å². The Bertz CT molecular complexity index is 742. The number of rotatable bonds is 4. The topological polar surface area (TPSA) is 76.1 Å². The standard InChI is InChI=1S/C19H24N4O2/c1-18(2)12-15(19(3,4)25-18)21-16-11-10-14(22-23-16)17(24)20-13-8-6-5-7-9-13/h5-11,15H,12H2,1-4H3,(H,20,24)(H,21,23). The fourth-order valence-electron chi connectivity index (χ4n) is 3.21. The van der Waals surface area contributed by atoms with E-state index in [9.17, 15) is 4.79 Å². The zero-order valence-electron chi connectivity index (χ0n) is 15.0. The molecule has 1 unspecified atom stereocenters. The SMILES string of the molecule is CC1(C)CC(Nc2ccc(C(=O)Nc3ccccc3)nn2)C(C)(C)O1. The molecule has 0 bridgehead atoms. The van der Waals surface area contributed by atoms with Crippen molar-refractivity contribution in [3.63, 3.8) is 0 Å². The molecular formula is C19H24N4O2. The van der Waals surface area contributed by atoms with Crippen LogP contribution in [0.4, 0.5) is 11.5 Å². The third kappa shape index (κ3) is 4.14. The Balaban J connectivity index is 1.65. The van der Waals surface area contributed by atoms with Gasteiger partial charge in [0, 0.05) is 5.69 Å². The summed E-state index contributed by atoms with van der Waals surface area (Å²) >= 11 is 0. The van der Waals surface area contributed by atoms with Crippen LogP contribution in [0.2, 0.25) is 0 Å². The number of anilines is 2. The van der Waals surface area contributed by atoms with Crippen LogP contribution in [0.15, 0.2) is 42.5 Å². The zero-order chi connectivity index (χ0) is 18.1. The van der Waals surface area contributed by atoms with Crippen molar-refractivity contribution in [1.29, 1.82) is 0 Å². The second-order valence-corrected chi connectivity index (χ2v) is 7.49. The van der Waals surface area contributed by atoms with Gasteiger partial charge in [-0.05, 0) is 58.4 Å². The fourth-order valence-corrected chi connectivity index (χ4v) is 3.21. The number of carbonyl (C=O) groups is 1. The number of nitrogens with one attached hydrogen (secondary N) is 2. The van der Waals surface area contributed by atoms with Gasteiger partial charge < -0.3 is 15.4 Å². The maximum Gasteiger partial charge on any atom is 0.276 e. The number of hydrogen-bond acceptors (Lipinski definition) is 5. The molecule has 0 radical (unpaired) electrons. The summed E-state index contributed by atoms with van der Waals surface area (Å²) in [5.74, 6) is 0.353. The molecule has 0 saturated carbocycles. The second-order valence-electron chi connectivity index (χ2n) is 7.49. The molecule has 3 rings (SSSR count). The van der Waals surface area contributed by atoms with Crippen LogP contribution in [0.25, 0.3) is 0 Å². The third-order valence-electron chi connectivity index (χ3n) is 4.33. The molecule has 2 N–H and O–H groups in total. The summed E-state index contributed by atoms with van der Waals surface area (Å²) in [5, 5.41) is 14.3. The first-order valence-corrected chi connectivity index (χ1v) is 8.42. The number of hydrogen-bond donors (Lipinski definition) is 2. The molecule has 25 heavy (non-hydrogen) atoms. The van der Waals surface area contributed by atoms with Crippen molar-refractivity contribution in [2.24, 2.45) is 0 Å². The van der Waals surface area contributed by atoms with Crippen LogP contribution in [-0.2, 0) is 4.74 Å². The first kappa shape index (κ1) is 17.4. The van der Waals surface area contributed by atoms with Crippen molar-refractivity contribution >= 4 is 17.4 Å². The maximum atomic E-state index is 12.2. The van der Waals surface area contributed by atoms with Crippen molar-refractivity contribution < 1.29 is 9.53 Å². The van der Waals surface area contributed by atoms with Crippen LogP contribution in [0, 0.1) is 0 Å². The Morgan fingerprint density at radius 2 is 1.80 bits per heavy atom. The summed E-state index contributed by atoms with van der Waals surface area (Å²) in [4.78, 5) is 12.2. The molecule has 132 valence electrons. The predicted octanol–water partition coefficient (Wildman–Crippen LogP) is 3.49. The maximum absolute atomic E-state index is 12.2. The van der Waals surface area contributed by atoms with E-state index in [0.29, 0.717) is 5.82 Å². The number of para-hydroxylation sites is 1. The Labute approximate surface area is 148 Å². The van der Waals surface area contributed by atoms with E-state index < -0.39 is 0 Å². The van der Waals surface area contributed by atoms with Crippen molar-refractivity contribution in [3.05, 3.63) is 48.2 Å². The lowest BCUT2D eigenvalue weighted by atomic mass is 9.94. The first-order valence-electron chi connectivity index (χ1n) is 8.42. The van der Waals surface area contributed by atoms with E-state index in [0.717, 1.165) is 12.1 Å². The lowest BCUT2D eigenvalue weighted by molar-refractivity contribution is -0.0662. The molecule has 1 aromatic carbocycles. The minimum Gasteiger partial charge on any atom is -0.367 e. The number of ether oxygens (including phenoxy) is 1. The molecule has 0 spiro atoms. The van der Waals surface area contributed by atoms with Crippen molar-refractivity contribution in [3.8, 4) is 0 Å². The second kappa shape index (κ2) is 6.44. The average molecular weight is 340 g/mol. The molecule has 1 saturated heterocycles. The van der Waals surface area contributed by atoms with Gasteiger partial charge in [-0.15, -0.1) is 10.2 Å². The molecule has 1 amide bonds. The van der Waals surface area contributed by atoms with Crippen molar-refractivity contribution in [2.75, 3.05) is 10.6 Å². The van der Waals surface area contributed by atoms with E-state index in [1.54, 1.807) is 12.1 Å². The average Bonchev–Trinajstić information content (AvgIpc) is 2.75. The third-order valence-corrected chi connectivity index (χ3v) is 4.33. The van der Waals surface area contributed by atoms with Crippen LogP contribution >= 0.6 is 0 Å². The normalized spacial score (nSPS) is 20.9. The molecule has 6 nitrogen and oxygen atoms in total. The molecule has 1 aliphatic heterocycles. The van der Waals surface area contributed by atoms with Gasteiger partial charge in [-0.2, -0.15) is 0 Å². The number of aromatic nitrogens is 2. The van der Waals surface area contributed by atoms with E-state index in [-0.39, 0.29) is 28.8 Å². The van der Waals surface area contributed by atoms with Gasteiger partial charge in [-0.3, -0.25) is 4.79 Å². The van der Waals surface area contributed by atoms with Crippen LogP contribution in [0.3, 0.4) is 0 Å². The molecule has 2 heterocycles. The summed E-state index contributed by atoms with van der Waals surface area (Å²) in [6.45, 7) is 8.29. The monoisotopic (exact) mass is 340 g/mol. The summed E-state index contributed by atoms with van der Waals surface area (Å²) in [7, 11) is 0. The van der Waals surface area contributed by atoms with Gasteiger partial charge >= 0.3 is 0 Å². The van der Waals surface area contributed by atoms with E-state index in [4.69, 9.17) is 4.74 Å². The van der Waals surface area contributed by atoms with E-state index in [2.05, 4.69) is 48.5 Å². The van der Waals surface area contributed by atoms with Gasteiger partial charge in [0.2, 0.25) is 0 Å². The number of amides is 1. The molecule has 1 atom stereocenters. The quantitative estimate of drug-likeness (QED) is 0.891. The number of nitrogens with zero attached hydrogens (tertiary/aromatic N) is 2. The van der Waals surface area contributed by atoms with Crippen LogP contribution in [0.5, 0.6) is 0 Å². The Morgan fingerprint density at radius 3 is 2.36 bits per heavy atom. The molecule has 0 aliphatic carbocycles. The summed E-state index contributed by atoms with van der Waals surface area (Å²) in [6, 6.07) is 12.8. The summed E-state index contributed by atoms with van der Waals surface area (Å²) in [5.41, 5.74) is 0.527. The van der Waals surface area contributed by atoms with Crippen molar-refractivity contribution in [1.82, 2.24) is 10.2 Å². The Hall–Kier alpha value is -2.47. The number of carbonyl (C=O) groups excluding carboxylic acids is 1. The van der Waals surface area contributed by atoms with E-state index in [1.165, 1.54) is 0 Å². The highest BCUT2D eigenvalue weighted by Gasteiger charge is 2.46. The largest absolute Gasteiger partial charge is 0.367 e. The minimum absolute atomic E-state index is 0.126. The highest BCUT2D eigenvalue weighted by atomic mass is 16.5. The minimum atomic E-state index is -0.297. The first-order chi connectivity index (χ1) is 11.8. The molecule has 1 aromatic heterocycles.